The van der Waals surface area contributed by atoms with Gasteiger partial charge in [-0.3, -0.25) is 4.99 Å². The maximum atomic E-state index is 12.0. The van der Waals surface area contributed by atoms with E-state index in [0.29, 0.717) is 30.3 Å². The molecule has 2 N–H and O–H groups in total. The third-order valence-corrected chi connectivity index (χ3v) is 4.66. The van der Waals surface area contributed by atoms with Crippen LogP contribution >= 0.6 is 0 Å². The van der Waals surface area contributed by atoms with Crippen molar-refractivity contribution in [3.8, 4) is 17.2 Å². The summed E-state index contributed by atoms with van der Waals surface area (Å²) >= 11 is 0. The van der Waals surface area contributed by atoms with Gasteiger partial charge < -0.3 is 34.5 Å². The maximum Gasteiger partial charge on any atom is 0.407 e. The molecule has 1 aliphatic rings. The highest BCUT2D eigenvalue weighted by molar-refractivity contribution is 5.80. The van der Waals surface area contributed by atoms with E-state index in [1.165, 1.54) is 0 Å². The third kappa shape index (κ3) is 6.33. The average Bonchev–Trinajstić information content (AvgIpc) is 3.14. The Morgan fingerprint density at radius 2 is 1.80 bits per heavy atom. The Bertz CT molecular complexity index is 735. The van der Waals surface area contributed by atoms with Crippen molar-refractivity contribution in [2.24, 2.45) is 4.99 Å². The van der Waals surface area contributed by atoms with E-state index < -0.39 is 11.7 Å². The van der Waals surface area contributed by atoms with E-state index in [2.05, 4.69) is 20.5 Å². The Labute approximate surface area is 178 Å². The number of benzene rings is 1. The Morgan fingerprint density at radius 1 is 1.17 bits per heavy atom. The molecule has 9 nitrogen and oxygen atoms in total. The first-order valence-electron chi connectivity index (χ1n) is 9.94. The summed E-state index contributed by atoms with van der Waals surface area (Å²) < 4.78 is 21.7. The summed E-state index contributed by atoms with van der Waals surface area (Å²) in [6.07, 6.45) is 0.416. The first-order chi connectivity index (χ1) is 14.2. The molecular weight excluding hydrogens is 388 g/mol. The zero-order valence-electron chi connectivity index (χ0n) is 19.0. The molecule has 1 unspecified atom stereocenters. The average molecular weight is 423 g/mol. The van der Waals surface area contributed by atoms with Crippen LogP contribution in [0, 0.1) is 0 Å². The third-order valence-electron chi connectivity index (χ3n) is 4.66. The Kier molecular flexibility index (Phi) is 8.02. The number of likely N-dealkylation sites (tertiary alicyclic amines) is 1. The van der Waals surface area contributed by atoms with Crippen LogP contribution in [0.1, 0.15) is 32.8 Å². The topological polar surface area (TPSA) is 93.7 Å². The smallest absolute Gasteiger partial charge is 0.407 e. The van der Waals surface area contributed by atoms with E-state index in [4.69, 9.17) is 18.9 Å². The summed E-state index contributed by atoms with van der Waals surface area (Å²) in [6, 6.07) is 3.64. The van der Waals surface area contributed by atoms with Crippen molar-refractivity contribution in [2.75, 3.05) is 41.5 Å². The van der Waals surface area contributed by atoms with Crippen molar-refractivity contribution in [3.63, 3.8) is 0 Å². The summed E-state index contributed by atoms with van der Waals surface area (Å²) in [5.74, 6) is 2.73. The van der Waals surface area contributed by atoms with Gasteiger partial charge in [-0.15, -0.1) is 0 Å². The van der Waals surface area contributed by atoms with Crippen LogP contribution in [-0.2, 0) is 11.3 Å². The lowest BCUT2D eigenvalue weighted by Crippen LogP contribution is -2.44. The van der Waals surface area contributed by atoms with Gasteiger partial charge in [-0.25, -0.2) is 4.79 Å². The van der Waals surface area contributed by atoms with Gasteiger partial charge in [-0.1, -0.05) is 0 Å². The van der Waals surface area contributed by atoms with E-state index in [0.717, 1.165) is 24.5 Å². The molecule has 2 rings (SSSR count). The zero-order valence-corrected chi connectivity index (χ0v) is 19.0. The van der Waals surface area contributed by atoms with E-state index in [9.17, 15) is 4.79 Å². The minimum atomic E-state index is -0.517. The molecule has 0 aromatic heterocycles. The van der Waals surface area contributed by atoms with Crippen LogP contribution in [-0.4, -0.2) is 70.1 Å². The quantitative estimate of drug-likeness (QED) is 0.537. The fourth-order valence-corrected chi connectivity index (χ4v) is 3.30. The first kappa shape index (κ1) is 23.4. The van der Waals surface area contributed by atoms with Crippen molar-refractivity contribution in [1.82, 2.24) is 15.5 Å². The highest BCUT2D eigenvalue weighted by atomic mass is 16.6. The number of nitrogens with one attached hydrogen (secondary N) is 2. The molecule has 168 valence electrons. The van der Waals surface area contributed by atoms with E-state index in [1.807, 2.05) is 32.9 Å². The van der Waals surface area contributed by atoms with Gasteiger partial charge >= 0.3 is 6.09 Å². The summed E-state index contributed by atoms with van der Waals surface area (Å²) in [7, 11) is 6.56. The lowest BCUT2D eigenvalue weighted by Gasteiger charge is -2.24. The number of nitrogens with zero attached hydrogens (tertiary/aromatic N) is 2. The second-order valence-corrected chi connectivity index (χ2v) is 7.99. The molecule has 0 radical (unpaired) electrons. The number of ether oxygens (including phenoxy) is 4. The SMILES string of the molecule is CN=C(NCc1c(OC)cc(OC)cc1OC)N1CCC(NC(=O)OC(C)(C)C)C1. The second-order valence-electron chi connectivity index (χ2n) is 7.99. The van der Waals surface area contributed by atoms with Crippen LogP contribution in [0.3, 0.4) is 0 Å². The summed E-state index contributed by atoms with van der Waals surface area (Å²) in [4.78, 5) is 18.5. The number of amides is 1. The van der Waals surface area contributed by atoms with Crippen molar-refractivity contribution < 1.29 is 23.7 Å². The van der Waals surface area contributed by atoms with Crippen LogP contribution in [0.15, 0.2) is 17.1 Å². The number of methoxy groups -OCH3 is 3. The molecule has 1 aromatic rings. The number of hydrogen-bond acceptors (Lipinski definition) is 6. The maximum absolute atomic E-state index is 12.0. The van der Waals surface area contributed by atoms with Gasteiger partial charge in [-0.05, 0) is 27.2 Å². The molecule has 0 spiro atoms. The molecule has 1 fully saturated rings. The molecule has 30 heavy (non-hydrogen) atoms. The molecule has 1 saturated heterocycles. The number of hydrogen-bond donors (Lipinski definition) is 2. The predicted molar refractivity (Wildman–Crippen MR) is 116 cm³/mol. The highest BCUT2D eigenvalue weighted by Crippen LogP contribution is 2.33. The van der Waals surface area contributed by atoms with Crippen LogP contribution in [0.5, 0.6) is 17.2 Å². The van der Waals surface area contributed by atoms with Crippen molar-refractivity contribution in [2.45, 2.75) is 45.4 Å². The van der Waals surface area contributed by atoms with E-state index in [1.54, 1.807) is 28.4 Å². The van der Waals surface area contributed by atoms with E-state index in [-0.39, 0.29) is 6.04 Å². The van der Waals surface area contributed by atoms with E-state index >= 15 is 0 Å². The van der Waals surface area contributed by atoms with Gasteiger partial charge in [-0.2, -0.15) is 0 Å². The normalized spacial score (nSPS) is 16.8. The fraction of sp³-hybridized carbons (Fsp3) is 0.619. The Balaban J connectivity index is 2.00. The molecule has 1 aromatic carbocycles. The molecule has 0 aliphatic carbocycles. The number of carbonyl (C=O) groups is 1. The summed E-state index contributed by atoms with van der Waals surface area (Å²) in [5, 5.41) is 6.29. The highest BCUT2D eigenvalue weighted by Gasteiger charge is 2.28. The molecule has 1 heterocycles. The number of carbonyl (C=O) groups excluding carboxylic acids is 1. The minimum Gasteiger partial charge on any atom is -0.496 e. The Morgan fingerprint density at radius 3 is 2.30 bits per heavy atom. The standard InChI is InChI=1S/C21H34N4O5/c1-21(2,3)30-20(26)24-14-8-9-25(13-14)19(22-4)23-12-16-17(28-6)10-15(27-5)11-18(16)29-7/h10-11,14H,8-9,12-13H2,1-7H3,(H,22,23)(H,24,26). The number of aliphatic imine (C=N–C) groups is 1. The van der Waals surface area contributed by atoms with Crippen LogP contribution in [0.2, 0.25) is 0 Å². The van der Waals surface area contributed by atoms with Gasteiger partial charge in [0.1, 0.15) is 22.8 Å². The number of guanidine groups is 1. The summed E-state index contributed by atoms with van der Waals surface area (Å²) in [5.41, 5.74) is 0.348. The lowest BCUT2D eigenvalue weighted by molar-refractivity contribution is 0.0507. The van der Waals surface area contributed by atoms with Gasteiger partial charge in [0.25, 0.3) is 0 Å². The number of alkyl carbamates (subject to hydrolysis) is 1. The monoisotopic (exact) mass is 422 g/mol. The summed E-state index contributed by atoms with van der Waals surface area (Å²) in [6.45, 7) is 7.43. The molecule has 9 heteroatoms. The lowest BCUT2D eigenvalue weighted by atomic mass is 10.1. The van der Waals surface area contributed by atoms with Gasteiger partial charge in [0.05, 0.1) is 39.5 Å². The van der Waals surface area contributed by atoms with Gasteiger partial charge in [0.15, 0.2) is 5.96 Å². The van der Waals surface area contributed by atoms with Crippen LogP contribution < -0.4 is 24.8 Å². The van der Waals surface area contributed by atoms with Crippen LogP contribution in [0.25, 0.3) is 0 Å². The molecule has 1 amide bonds. The molecule has 0 bridgehead atoms. The van der Waals surface area contributed by atoms with Gasteiger partial charge in [0, 0.05) is 32.3 Å². The molecular formula is C21H34N4O5. The largest absolute Gasteiger partial charge is 0.496 e. The Hall–Kier alpha value is -2.84. The van der Waals surface area contributed by atoms with Crippen molar-refractivity contribution in [1.29, 1.82) is 0 Å². The number of rotatable bonds is 6. The zero-order chi connectivity index (χ0) is 22.3. The van der Waals surface area contributed by atoms with Crippen molar-refractivity contribution >= 4 is 12.1 Å². The molecule has 1 atom stereocenters. The first-order valence-corrected chi connectivity index (χ1v) is 9.94. The van der Waals surface area contributed by atoms with Crippen LogP contribution in [0.4, 0.5) is 4.79 Å². The minimum absolute atomic E-state index is 0.00320. The molecule has 1 aliphatic heterocycles. The fourth-order valence-electron chi connectivity index (χ4n) is 3.30. The van der Waals surface area contributed by atoms with Crippen molar-refractivity contribution in [3.05, 3.63) is 17.7 Å². The predicted octanol–water partition coefficient (Wildman–Crippen LogP) is 2.39. The second kappa shape index (κ2) is 10.3. The molecule has 0 saturated carbocycles. The van der Waals surface area contributed by atoms with Gasteiger partial charge in [0.2, 0.25) is 0 Å².